The van der Waals surface area contributed by atoms with Gasteiger partial charge in [0, 0.05) is 5.41 Å². The Balaban J connectivity index is 2.67. The maximum atomic E-state index is 11.6. The van der Waals surface area contributed by atoms with Gasteiger partial charge in [0.15, 0.2) is 5.75 Å². The molecule has 18 heavy (non-hydrogen) atoms. The molecule has 100 valence electrons. The average Bonchev–Trinajstić information content (AvgIpc) is 2.13. The van der Waals surface area contributed by atoms with Gasteiger partial charge in [-0.05, 0) is 5.41 Å². The zero-order chi connectivity index (χ0) is 14.0. The van der Waals surface area contributed by atoms with E-state index in [1.165, 1.54) is 0 Å². The third-order valence-corrected chi connectivity index (χ3v) is 2.21. The molecule has 1 aromatic rings. The van der Waals surface area contributed by atoms with Gasteiger partial charge < -0.3 is 4.74 Å². The van der Waals surface area contributed by atoms with Crippen molar-refractivity contribution in [1.29, 1.82) is 0 Å². The zero-order valence-corrected chi connectivity index (χ0v) is 12.1. The Morgan fingerprint density at radius 1 is 1.11 bits per heavy atom. The van der Waals surface area contributed by atoms with E-state index in [9.17, 15) is 4.79 Å². The molecule has 0 aliphatic heterocycles. The van der Waals surface area contributed by atoms with Gasteiger partial charge >= 0.3 is 5.97 Å². The van der Waals surface area contributed by atoms with Crippen LogP contribution < -0.4 is 4.74 Å². The monoisotopic (exact) mass is 250 g/mol. The van der Waals surface area contributed by atoms with Crippen LogP contribution in [0.2, 0.25) is 0 Å². The molecule has 0 aliphatic carbocycles. The summed E-state index contributed by atoms with van der Waals surface area (Å²) in [6.07, 6.45) is 3.47. The Morgan fingerprint density at radius 2 is 1.61 bits per heavy atom. The van der Waals surface area contributed by atoms with Crippen molar-refractivity contribution < 1.29 is 9.53 Å². The molecular formula is C14H22N2O2. The summed E-state index contributed by atoms with van der Waals surface area (Å²) in [6, 6.07) is 0. The standard InChI is InChI=1S/C14H22N2O2/c1-13(2,3)7-11(17)18-10-8-15-12(16-9-10)14(4,5)6/h8-9H,7H2,1-6H3. The summed E-state index contributed by atoms with van der Waals surface area (Å²) < 4.78 is 5.19. The number of aromatic nitrogens is 2. The molecule has 0 aliphatic rings. The van der Waals surface area contributed by atoms with Gasteiger partial charge in [-0.2, -0.15) is 0 Å². The van der Waals surface area contributed by atoms with Crippen LogP contribution in [-0.4, -0.2) is 15.9 Å². The summed E-state index contributed by atoms with van der Waals surface area (Å²) in [5.41, 5.74) is -0.183. The number of rotatable bonds is 2. The Labute approximate surface area is 109 Å². The van der Waals surface area contributed by atoms with E-state index in [2.05, 4.69) is 9.97 Å². The van der Waals surface area contributed by atoms with Gasteiger partial charge in [-0.1, -0.05) is 41.5 Å². The zero-order valence-electron chi connectivity index (χ0n) is 12.1. The molecule has 1 aromatic heterocycles. The fourth-order valence-corrected chi connectivity index (χ4v) is 1.36. The molecule has 1 rings (SSSR count). The van der Waals surface area contributed by atoms with Crippen molar-refractivity contribution in [1.82, 2.24) is 9.97 Å². The van der Waals surface area contributed by atoms with Gasteiger partial charge in [-0.15, -0.1) is 0 Å². The molecule has 0 radical (unpaired) electrons. The minimum absolute atomic E-state index is 0.0801. The molecule has 0 N–H and O–H groups in total. The predicted octanol–water partition coefficient (Wildman–Crippen LogP) is 3.12. The van der Waals surface area contributed by atoms with E-state index in [4.69, 9.17) is 4.74 Å². The van der Waals surface area contributed by atoms with Crippen molar-refractivity contribution in [2.45, 2.75) is 53.4 Å². The van der Waals surface area contributed by atoms with Crippen LogP contribution in [0.1, 0.15) is 53.8 Å². The highest BCUT2D eigenvalue weighted by Gasteiger charge is 2.19. The molecule has 0 atom stereocenters. The van der Waals surface area contributed by atoms with Gasteiger partial charge in [0.05, 0.1) is 18.8 Å². The highest BCUT2D eigenvalue weighted by Crippen LogP contribution is 2.21. The third-order valence-electron chi connectivity index (χ3n) is 2.21. The van der Waals surface area contributed by atoms with Gasteiger partial charge in [-0.25, -0.2) is 9.97 Å². The lowest BCUT2D eigenvalue weighted by molar-refractivity contribution is -0.136. The van der Waals surface area contributed by atoms with Crippen molar-refractivity contribution in [3.8, 4) is 5.75 Å². The van der Waals surface area contributed by atoms with Crippen LogP contribution in [-0.2, 0) is 10.2 Å². The van der Waals surface area contributed by atoms with Crippen LogP contribution in [0.3, 0.4) is 0 Å². The Kier molecular flexibility index (Phi) is 4.09. The Morgan fingerprint density at radius 3 is 2.00 bits per heavy atom. The fraction of sp³-hybridized carbons (Fsp3) is 0.643. The lowest BCUT2D eigenvalue weighted by Crippen LogP contribution is -2.19. The smallest absolute Gasteiger partial charge is 0.311 e. The number of hydrogen-bond donors (Lipinski definition) is 0. The Hall–Kier alpha value is -1.45. The molecule has 0 amide bonds. The van der Waals surface area contributed by atoms with Crippen molar-refractivity contribution in [3.05, 3.63) is 18.2 Å². The lowest BCUT2D eigenvalue weighted by Gasteiger charge is -2.17. The van der Waals surface area contributed by atoms with E-state index < -0.39 is 0 Å². The SMILES string of the molecule is CC(C)(C)CC(=O)Oc1cnc(C(C)(C)C)nc1. The molecule has 0 spiro atoms. The van der Waals surface area contributed by atoms with Gasteiger partial charge in [-0.3, -0.25) is 4.79 Å². The molecule has 0 saturated carbocycles. The Bertz CT molecular complexity index is 411. The number of carbonyl (C=O) groups excluding carboxylic acids is 1. The van der Waals surface area contributed by atoms with E-state index in [1.807, 2.05) is 41.5 Å². The van der Waals surface area contributed by atoms with Crippen LogP contribution in [0, 0.1) is 5.41 Å². The molecule has 4 nitrogen and oxygen atoms in total. The summed E-state index contributed by atoms with van der Waals surface area (Å²) in [5, 5.41) is 0. The average molecular weight is 250 g/mol. The number of esters is 1. The summed E-state index contributed by atoms with van der Waals surface area (Å²) in [6.45, 7) is 12.1. The molecule has 0 fully saturated rings. The second-order valence-electron chi connectivity index (χ2n) is 6.70. The number of ether oxygens (including phenoxy) is 1. The van der Waals surface area contributed by atoms with Crippen LogP contribution in [0.5, 0.6) is 5.75 Å². The van der Waals surface area contributed by atoms with Gasteiger partial charge in [0.25, 0.3) is 0 Å². The quantitative estimate of drug-likeness (QED) is 0.757. The van der Waals surface area contributed by atoms with E-state index in [0.29, 0.717) is 12.2 Å². The highest BCUT2D eigenvalue weighted by atomic mass is 16.5. The maximum absolute atomic E-state index is 11.6. The summed E-state index contributed by atoms with van der Waals surface area (Å²) in [4.78, 5) is 20.1. The highest BCUT2D eigenvalue weighted by molar-refractivity contribution is 5.72. The van der Waals surface area contributed by atoms with Crippen LogP contribution in [0.15, 0.2) is 12.4 Å². The number of carbonyl (C=O) groups is 1. The largest absolute Gasteiger partial charge is 0.423 e. The first kappa shape index (κ1) is 14.6. The van der Waals surface area contributed by atoms with Gasteiger partial charge in [0.1, 0.15) is 5.82 Å². The molecule has 4 heteroatoms. The normalized spacial score (nSPS) is 12.3. The van der Waals surface area contributed by atoms with Crippen molar-refractivity contribution in [2.75, 3.05) is 0 Å². The predicted molar refractivity (Wildman–Crippen MR) is 70.4 cm³/mol. The number of nitrogens with zero attached hydrogens (tertiary/aromatic N) is 2. The molecule has 1 heterocycles. The van der Waals surface area contributed by atoms with Crippen molar-refractivity contribution in [3.63, 3.8) is 0 Å². The molecule has 0 aromatic carbocycles. The van der Waals surface area contributed by atoms with E-state index >= 15 is 0 Å². The van der Waals surface area contributed by atoms with Crippen LogP contribution in [0.25, 0.3) is 0 Å². The first-order valence-electron chi connectivity index (χ1n) is 6.11. The second-order valence-corrected chi connectivity index (χ2v) is 6.70. The third kappa shape index (κ3) is 4.82. The van der Waals surface area contributed by atoms with E-state index in [1.54, 1.807) is 12.4 Å². The topological polar surface area (TPSA) is 52.1 Å². The van der Waals surface area contributed by atoms with Crippen molar-refractivity contribution >= 4 is 5.97 Å². The first-order chi connectivity index (χ1) is 8.08. The maximum Gasteiger partial charge on any atom is 0.311 e. The lowest BCUT2D eigenvalue weighted by atomic mass is 9.92. The minimum atomic E-state index is -0.255. The first-order valence-corrected chi connectivity index (χ1v) is 6.11. The molecule has 0 bridgehead atoms. The molecular weight excluding hydrogens is 228 g/mol. The van der Waals surface area contributed by atoms with Crippen molar-refractivity contribution in [2.24, 2.45) is 5.41 Å². The molecule has 0 saturated heterocycles. The van der Waals surface area contributed by atoms with Crippen LogP contribution >= 0.6 is 0 Å². The van der Waals surface area contributed by atoms with E-state index in [0.717, 1.165) is 5.82 Å². The summed E-state index contributed by atoms with van der Waals surface area (Å²) >= 11 is 0. The fourth-order valence-electron chi connectivity index (χ4n) is 1.36. The minimum Gasteiger partial charge on any atom is -0.423 e. The van der Waals surface area contributed by atoms with E-state index in [-0.39, 0.29) is 16.8 Å². The second kappa shape index (κ2) is 5.04. The summed E-state index contributed by atoms with van der Waals surface area (Å²) in [7, 11) is 0. The molecule has 0 unspecified atom stereocenters. The number of hydrogen-bond acceptors (Lipinski definition) is 4. The van der Waals surface area contributed by atoms with Gasteiger partial charge in [0.2, 0.25) is 0 Å². The summed E-state index contributed by atoms with van der Waals surface area (Å²) in [5.74, 6) is 0.880. The van der Waals surface area contributed by atoms with Crippen LogP contribution in [0.4, 0.5) is 0 Å².